The van der Waals surface area contributed by atoms with Crippen LogP contribution in [0, 0.1) is 11.7 Å². The van der Waals surface area contributed by atoms with E-state index in [-0.39, 0.29) is 23.5 Å². The van der Waals surface area contributed by atoms with E-state index in [4.69, 9.17) is 4.52 Å². The summed E-state index contributed by atoms with van der Waals surface area (Å²) in [7, 11) is 0. The van der Waals surface area contributed by atoms with Crippen LogP contribution in [0.1, 0.15) is 42.7 Å². The number of aromatic nitrogens is 2. The highest BCUT2D eigenvalue weighted by atomic mass is 19.1. The monoisotopic (exact) mass is 491 g/mol. The molecule has 0 radical (unpaired) electrons. The zero-order valence-electron chi connectivity index (χ0n) is 20.2. The second kappa shape index (κ2) is 11.0. The first kappa shape index (κ1) is 24.1. The van der Waals surface area contributed by atoms with E-state index in [0.29, 0.717) is 43.3 Å². The Balaban J connectivity index is 1.04. The number of hydrogen-bond donors (Lipinski definition) is 1. The second-order valence-corrected chi connectivity index (χ2v) is 9.52. The Labute approximate surface area is 209 Å². The maximum Gasteiger partial charge on any atom is 0.241 e. The van der Waals surface area contributed by atoms with Crippen LogP contribution in [0.15, 0.2) is 53.1 Å². The number of piperidine rings is 1. The number of likely N-dealkylation sites (tertiary alicyclic amines) is 2. The van der Waals surface area contributed by atoms with Crippen molar-refractivity contribution in [1.29, 1.82) is 0 Å². The van der Waals surface area contributed by atoms with Crippen molar-refractivity contribution in [2.45, 2.75) is 45.3 Å². The molecular weight excluding hydrogens is 461 g/mol. The normalized spacial score (nSPS) is 17.0. The van der Waals surface area contributed by atoms with Crippen LogP contribution >= 0.6 is 0 Å². The van der Waals surface area contributed by atoms with Gasteiger partial charge >= 0.3 is 0 Å². The van der Waals surface area contributed by atoms with Crippen molar-refractivity contribution in [2.24, 2.45) is 5.92 Å². The summed E-state index contributed by atoms with van der Waals surface area (Å²) in [4.78, 5) is 33.0. The summed E-state index contributed by atoms with van der Waals surface area (Å²) >= 11 is 0. The highest BCUT2D eigenvalue weighted by Crippen LogP contribution is 2.21. The largest absolute Gasteiger partial charge is 0.352 e. The number of halogens is 1. The molecule has 8 nitrogen and oxygen atoms in total. The van der Waals surface area contributed by atoms with E-state index < -0.39 is 0 Å². The van der Waals surface area contributed by atoms with E-state index in [0.717, 1.165) is 50.0 Å². The minimum Gasteiger partial charge on any atom is -0.352 e. The number of carbonyl (C=O) groups is 2. The Morgan fingerprint density at radius 2 is 1.72 bits per heavy atom. The summed E-state index contributed by atoms with van der Waals surface area (Å²) in [5.41, 5.74) is 2.86. The van der Waals surface area contributed by atoms with E-state index >= 15 is 0 Å². The molecule has 2 aromatic carbocycles. The molecule has 36 heavy (non-hydrogen) atoms. The number of nitrogens with one attached hydrogen (secondary N) is 1. The molecule has 0 saturated carbocycles. The third kappa shape index (κ3) is 5.96. The molecule has 2 fully saturated rings. The minimum absolute atomic E-state index is 0.0147. The van der Waals surface area contributed by atoms with Crippen LogP contribution in [0.2, 0.25) is 0 Å². The lowest BCUT2D eigenvalue weighted by Crippen LogP contribution is -2.40. The lowest BCUT2D eigenvalue weighted by Gasteiger charge is -2.30. The Kier molecular flexibility index (Phi) is 7.36. The van der Waals surface area contributed by atoms with Crippen LogP contribution < -0.4 is 5.32 Å². The molecule has 0 spiro atoms. The third-order valence-electron chi connectivity index (χ3n) is 6.92. The maximum absolute atomic E-state index is 13.1. The molecule has 0 atom stereocenters. The predicted octanol–water partition coefficient (Wildman–Crippen LogP) is 3.53. The lowest BCUT2D eigenvalue weighted by molar-refractivity contribution is -0.128. The molecule has 0 bridgehead atoms. The van der Waals surface area contributed by atoms with E-state index in [1.54, 1.807) is 12.1 Å². The summed E-state index contributed by atoms with van der Waals surface area (Å²) < 4.78 is 18.5. The zero-order chi connectivity index (χ0) is 24.9. The third-order valence-corrected chi connectivity index (χ3v) is 6.92. The smallest absolute Gasteiger partial charge is 0.241 e. The molecule has 0 unspecified atom stereocenters. The highest BCUT2D eigenvalue weighted by molar-refractivity contribution is 5.79. The predicted molar refractivity (Wildman–Crippen MR) is 131 cm³/mol. The molecule has 1 N–H and O–H groups in total. The first-order valence-corrected chi connectivity index (χ1v) is 12.5. The fourth-order valence-corrected chi connectivity index (χ4v) is 4.77. The Morgan fingerprint density at radius 3 is 2.42 bits per heavy atom. The van der Waals surface area contributed by atoms with Gasteiger partial charge in [-0.1, -0.05) is 29.4 Å². The van der Waals surface area contributed by atoms with Crippen LogP contribution in [0.25, 0.3) is 11.4 Å². The molecule has 0 aliphatic carbocycles. The fourth-order valence-electron chi connectivity index (χ4n) is 4.77. The van der Waals surface area contributed by atoms with Crippen molar-refractivity contribution >= 4 is 11.8 Å². The van der Waals surface area contributed by atoms with Crippen LogP contribution in [0.4, 0.5) is 4.39 Å². The lowest BCUT2D eigenvalue weighted by atomic mass is 9.96. The van der Waals surface area contributed by atoms with E-state index in [2.05, 4.69) is 20.4 Å². The molecular formula is C27H30FN5O3. The first-order chi connectivity index (χ1) is 17.5. The second-order valence-electron chi connectivity index (χ2n) is 9.52. The van der Waals surface area contributed by atoms with Gasteiger partial charge in [0, 0.05) is 37.5 Å². The molecule has 3 heterocycles. The number of amides is 2. The Bertz CT molecular complexity index is 1190. The fraction of sp³-hybridized carbons (Fsp3) is 0.407. The SMILES string of the molecule is O=C(NCc1ccc(CN2CCCC2=O)cc1)C1CCN(Cc2nc(-c3ccc(F)cc3)no2)CC1. The Morgan fingerprint density at radius 1 is 1.00 bits per heavy atom. The van der Waals surface area contributed by atoms with Crippen LogP contribution in [-0.2, 0) is 29.2 Å². The van der Waals surface area contributed by atoms with Gasteiger partial charge in [0.15, 0.2) is 0 Å². The van der Waals surface area contributed by atoms with Gasteiger partial charge in [0.25, 0.3) is 0 Å². The number of hydrogen-bond acceptors (Lipinski definition) is 6. The van der Waals surface area contributed by atoms with Crippen molar-refractivity contribution in [1.82, 2.24) is 25.3 Å². The van der Waals surface area contributed by atoms with Gasteiger partial charge in [0.2, 0.25) is 23.5 Å². The number of benzene rings is 2. The van der Waals surface area contributed by atoms with Gasteiger partial charge in [-0.05, 0) is 67.7 Å². The molecule has 188 valence electrons. The van der Waals surface area contributed by atoms with Gasteiger partial charge < -0.3 is 14.7 Å². The van der Waals surface area contributed by atoms with E-state index in [9.17, 15) is 14.0 Å². The molecule has 2 amide bonds. The standard InChI is InChI=1S/C27H30FN5O3/c28-23-9-7-21(8-10-23)26-30-24(36-31-26)18-32-14-11-22(12-15-32)27(35)29-16-19-3-5-20(6-4-19)17-33-13-1-2-25(33)34/h3-10,22H,1-2,11-18H2,(H,29,35). The molecule has 1 aromatic heterocycles. The van der Waals surface area contributed by atoms with E-state index in [1.165, 1.54) is 12.1 Å². The summed E-state index contributed by atoms with van der Waals surface area (Å²) in [5, 5.41) is 7.06. The summed E-state index contributed by atoms with van der Waals surface area (Å²) in [6, 6.07) is 14.1. The summed E-state index contributed by atoms with van der Waals surface area (Å²) in [6.07, 6.45) is 3.14. The van der Waals surface area contributed by atoms with Crippen LogP contribution in [0.5, 0.6) is 0 Å². The topological polar surface area (TPSA) is 91.6 Å². The van der Waals surface area contributed by atoms with Crippen LogP contribution in [-0.4, -0.2) is 51.4 Å². The van der Waals surface area contributed by atoms with Gasteiger partial charge in [0.1, 0.15) is 5.82 Å². The van der Waals surface area contributed by atoms with Crippen molar-refractivity contribution in [2.75, 3.05) is 19.6 Å². The quantitative estimate of drug-likeness (QED) is 0.519. The van der Waals surface area contributed by atoms with Gasteiger partial charge in [-0.25, -0.2) is 4.39 Å². The minimum atomic E-state index is -0.307. The zero-order valence-corrected chi connectivity index (χ0v) is 20.2. The van der Waals surface area contributed by atoms with Gasteiger partial charge in [0.05, 0.1) is 6.54 Å². The first-order valence-electron chi connectivity index (χ1n) is 12.5. The van der Waals surface area contributed by atoms with Gasteiger partial charge in [-0.3, -0.25) is 14.5 Å². The molecule has 2 aliphatic rings. The number of rotatable bonds is 8. The number of carbonyl (C=O) groups excluding carboxylic acids is 2. The van der Waals surface area contributed by atoms with Crippen molar-refractivity contribution in [3.63, 3.8) is 0 Å². The highest BCUT2D eigenvalue weighted by Gasteiger charge is 2.26. The van der Waals surface area contributed by atoms with E-state index in [1.807, 2.05) is 29.2 Å². The summed E-state index contributed by atoms with van der Waals surface area (Å²) in [5.74, 6) is 0.937. The average molecular weight is 492 g/mol. The van der Waals surface area contributed by atoms with Crippen LogP contribution in [0.3, 0.4) is 0 Å². The van der Waals surface area contributed by atoms with Crippen molar-refractivity contribution in [3.05, 3.63) is 71.4 Å². The van der Waals surface area contributed by atoms with Gasteiger partial charge in [-0.2, -0.15) is 4.98 Å². The average Bonchev–Trinajstić information content (AvgIpc) is 3.53. The molecule has 9 heteroatoms. The molecule has 3 aromatic rings. The maximum atomic E-state index is 13.1. The van der Waals surface area contributed by atoms with Crippen molar-refractivity contribution in [3.8, 4) is 11.4 Å². The summed E-state index contributed by atoms with van der Waals surface area (Å²) in [6.45, 7) is 4.06. The van der Waals surface area contributed by atoms with Crippen molar-refractivity contribution < 1.29 is 18.5 Å². The number of nitrogens with zero attached hydrogens (tertiary/aromatic N) is 4. The van der Waals surface area contributed by atoms with Gasteiger partial charge in [-0.15, -0.1) is 0 Å². The molecule has 2 aliphatic heterocycles. The Hall–Kier alpha value is -3.59. The molecule has 2 saturated heterocycles. The molecule has 5 rings (SSSR count).